The average molecular weight is 537 g/mol. The molecule has 0 N–H and O–H groups in total. The number of nitrogens with zero attached hydrogens (tertiary/aromatic N) is 4. The minimum absolute atomic E-state index is 0. The molecule has 1 aliphatic heterocycles. The van der Waals surface area contributed by atoms with E-state index >= 15 is 0 Å². The lowest BCUT2D eigenvalue weighted by Gasteiger charge is -2.12. The smallest absolute Gasteiger partial charge is 0.271 e. The van der Waals surface area contributed by atoms with Gasteiger partial charge in [0.15, 0.2) is 12.7 Å². The van der Waals surface area contributed by atoms with Crippen molar-refractivity contribution in [2.24, 2.45) is 0 Å². The van der Waals surface area contributed by atoms with Crippen LogP contribution in [0.4, 0.5) is 10.1 Å². The number of anilines is 1. The number of hydrogen-bond acceptors (Lipinski definition) is 7. The van der Waals surface area contributed by atoms with Gasteiger partial charge in [0.05, 0.1) is 28.4 Å². The van der Waals surface area contributed by atoms with Gasteiger partial charge in [0.25, 0.3) is 10.6 Å². The summed E-state index contributed by atoms with van der Waals surface area (Å²) in [4.78, 5) is 16.1. The number of thioether (sulfide) groups is 1. The Morgan fingerprint density at radius 2 is 2.09 bits per heavy atom. The van der Waals surface area contributed by atoms with E-state index in [9.17, 15) is 9.18 Å². The summed E-state index contributed by atoms with van der Waals surface area (Å²) in [6, 6.07) is 4.73. The summed E-state index contributed by atoms with van der Waals surface area (Å²) >= 11 is 4.53. The van der Waals surface area contributed by atoms with Gasteiger partial charge in [-0.05, 0) is 39.0 Å². The first kappa shape index (κ1) is 24.7. The van der Waals surface area contributed by atoms with Crippen molar-refractivity contribution in [2.45, 2.75) is 38.8 Å². The van der Waals surface area contributed by atoms with E-state index in [2.05, 4.69) is 15.8 Å². The number of thiazole rings is 2. The predicted molar refractivity (Wildman–Crippen MR) is 131 cm³/mol. The Balaban J connectivity index is 0.00000274. The van der Waals surface area contributed by atoms with Crippen LogP contribution in [0.25, 0.3) is 11.1 Å². The number of rotatable bonds is 4. The van der Waals surface area contributed by atoms with E-state index in [1.54, 1.807) is 22.0 Å². The lowest BCUT2D eigenvalue weighted by atomic mass is 10.2. The van der Waals surface area contributed by atoms with Gasteiger partial charge in [0.1, 0.15) is 25.8 Å². The van der Waals surface area contributed by atoms with E-state index in [1.165, 1.54) is 35.2 Å². The third-order valence-corrected chi connectivity index (χ3v) is 9.00. The van der Waals surface area contributed by atoms with Gasteiger partial charge in [-0.1, -0.05) is 28.3 Å². The molecule has 4 aromatic rings. The van der Waals surface area contributed by atoms with E-state index in [0.717, 1.165) is 42.3 Å². The van der Waals surface area contributed by atoms with Gasteiger partial charge >= 0.3 is 0 Å². The van der Waals surface area contributed by atoms with E-state index in [4.69, 9.17) is 4.52 Å². The molecule has 0 saturated heterocycles. The Labute approximate surface area is 214 Å². The van der Waals surface area contributed by atoms with E-state index < -0.39 is 0 Å². The van der Waals surface area contributed by atoms with Crippen molar-refractivity contribution in [2.75, 3.05) is 11.9 Å². The van der Waals surface area contributed by atoms with E-state index in [1.807, 2.05) is 44.3 Å². The molecule has 0 fully saturated rings. The summed E-state index contributed by atoms with van der Waals surface area (Å²) < 4.78 is 24.5. The number of aromatic nitrogens is 3. The largest absolute Gasteiger partial charge is 1.00 e. The van der Waals surface area contributed by atoms with Crippen molar-refractivity contribution in [1.82, 2.24) is 9.72 Å². The molecule has 0 saturated carbocycles. The molecule has 0 radical (unpaired) electrons. The van der Waals surface area contributed by atoms with Gasteiger partial charge < -0.3 is 21.8 Å². The van der Waals surface area contributed by atoms with Crippen LogP contribution in [0.5, 0.6) is 0 Å². The first-order valence-electron chi connectivity index (χ1n) is 10.4. The topological polar surface area (TPSA) is 55.2 Å². The molecule has 5 rings (SSSR count). The summed E-state index contributed by atoms with van der Waals surface area (Å²) in [5, 5.41) is 7.96. The van der Waals surface area contributed by atoms with Crippen LogP contribution < -0.4 is 36.6 Å². The van der Waals surface area contributed by atoms with Crippen LogP contribution in [0, 0.1) is 19.7 Å². The Morgan fingerprint density at radius 3 is 2.79 bits per heavy atom. The Morgan fingerprint density at radius 1 is 1.29 bits per heavy atom. The maximum Gasteiger partial charge on any atom is 0.271 e. The number of hydrogen-bond donors (Lipinski definition) is 0. The second-order valence-corrected chi connectivity index (χ2v) is 10.7. The molecule has 0 spiro atoms. The highest BCUT2D eigenvalue weighted by Crippen LogP contribution is 2.45. The van der Waals surface area contributed by atoms with Gasteiger partial charge in [0, 0.05) is 18.5 Å². The number of benzene rings is 1. The van der Waals surface area contributed by atoms with Crippen LogP contribution in [0.2, 0.25) is 0 Å². The maximum absolute atomic E-state index is 13.7. The highest BCUT2D eigenvalue weighted by atomic mass is 35.5. The molecule has 0 atom stereocenters. The molecule has 0 aliphatic carbocycles. The fraction of sp³-hybridized carbons (Fsp3) is 0.261. The number of fused-ring (bicyclic) bond motifs is 1. The standard InChI is InChI=1S/C23H22FN4O2S3.ClH/c1-5-28-20(11-19-27(8-9-31-19)12-16-13(2)25-30-14(16)3)33-21(22(28)29)23-26(4)17-7-6-15(24)10-18(17)32-23;/h6-11H,5,12H2,1-4H3;1H/q+1;/p-1/b23-21+;. The molecule has 3 aromatic heterocycles. The molecule has 1 aliphatic rings. The molecular weight excluding hydrogens is 515 g/mol. The molecule has 11 heteroatoms. The highest BCUT2D eigenvalue weighted by Gasteiger charge is 2.25. The highest BCUT2D eigenvalue weighted by molar-refractivity contribution is 8.08. The zero-order valence-electron chi connectivity index (χ0n) is 19.0. The van der Waals surface area contributed by atoms with Crippen LogP contribution in [0.3, 0.4) is 0 Å². The normalized spacial score (nSPS) is 15.1. The summed E-state index contributed by atoms with van der Waals surface area (Å²) in [6.45, 7) is 7.06. The Bertz CT molecular complexity index is 1530. The Hall–Kier alpha value is -2.40. The minimum atomic E-state index is -0.275. The first-order valence-corrected chi connectivity index (χ1v) is 12.9. The average Bonchev–Trinajstić information content (AvgIpc) is 3.52. The molecule has 0 unspecified atom stereocenters. The lowest BCUT2D eigenvalue weighted by Crippen LogP contribution is -3.00. The van der Waals surface area contributed by atoms with E-state index in [-0.39, 0.29) is 23.8 Å². The monoisotopic (exact) mass is 536 g/mol. The van der Waals surface area contributed by atoms with Gasteiger partial charge in [0.2, 0.25) is 0 Å². The van der Waals surface area contributed by atoms with Crippen molar-refractivity contribution in [3.63, 3.8) is 0 Å². The molecule has 4 heterocycles. The third kappa shape index (κ3) is 4.24. The molecule has 0 bridgehead atoms. The second-order valence-electron chi connectivity index (χ2n) is 7.71. The molecule has 6 nitrogen and oxygen atoms in total. The fourth-order valence-electron chi connectivity index (χ4n) is 3.86. The number of aryl methyl sites for hydroxylation is 2. The summed E-state index contributed by atoms with van der Waals surface area (Å²) in [6.07, 6.45) is 4.10. The lowest BCUT2D eigenvalue weighted by molar-refractivity contribution is -0.685. The fourth-order valence-corrected chi connectivity index (χ4v) is 7.20. The summed E-state index contributed by atoms with van der Waals surface area (Å²) in [5.74, 6) is 0.539. The first-order chi connectivity index (χ1) is 15.9. The van der Waals surface area contributed by atoms with Crippen LogP contribution in [0.15, 0.2) is 44.0 Å². The molecule has 0 amide bonds. The quantitative estimate of drug-likeness (QED) is 0.349. The van der Waals surface area contributed by atoms with Gasteiger partial charge in [-0.15, -0.1) is 11.3 Å². The van der Waals surface area contributed by atoms with E-state index in [0.29, 0.717) is 17.6 Å². The van der Waals surface area contributed by atoms with Crippen molar-refractivity contribution < 1.29 is 25.9 Å². The van der Waals surface area contributed by atoms with Gasteiger partial charge in [-0.25, -0.2) is 4.39 Å². The molecule has 178 valence electrons. The minimum Gasteiger partial charge on any atom is -1.00 e. The van der Waals surface area contributed by atoms with Gasteiger partial charge in [-0.3, -0.25) is 9.36 Å². The molecular formula is C23H22ClFN4O2S3. The van der Waals surface area contributed by atoms with Crippen molar-refractivity contribution >= 4 is 51.2 Å². The summed E-state index contributed by atoms with van der Waals surface area (Å²) in [7, 11) is 1.92. The SMILES string of the molecule is CCn1c(=O)/c(=C2\Sc3cc(F)ccc3N2C)s/c1=C\c1scc[n+]1Cc1c(C)noc1C.[Cl-]. The van der Waals surface area contributed by atoms with Crippen LogP contribution >= 0.6 is 34.4 Å². The molecule has 1 aromatic carbocycles. The van der Waals surface area contributed by atoms with Gasteiger partial charge in [-0.2, -0.15) is 4.57 Å². The zero-order valence-corrected chi connectivity index (χ0v) is 22.2. The Kier molecular flexibility index (Phi) is 7.04. The van der Waals surface area contributed by atoms with Crippen LogP contribution in [-0.2, 0) is 13.1 Å². The predicted octanol–water partition coefficient (Wildman–Crippen LogP) is 0.212. The second kappa shape index (κ2) is 9.69. The van der Waals surface area contributed by atoms with Crippen molar-refractivity contribution in [3.05, 3.63) is 77.2 Å². The van der Waals surface area contributed by atoms with Crippen molar-refractivity contribution in [1.29, 1.82) is 0 Å². The van der Waals surface area contributed by atoms with Crippen LogP contribution in [-0.4, -0.2) is 16.8 Å². The maximum atomic E-state index is 13.7. The third-order valence-electron chi connectivity index (χ3n) is 5.69. The molecule has 34 heavy (non-hydrogen) atoms. The zero-order chi connectivity index (χ0) is 23.3. The van der Waals surface area contributed by atoms with Crippen molar-refractivity contribution in [3.8, 4) is 0 Å². The summed E-state index contributed by atoms with van der Waals surface area (Å²) in [5.41, 5.74) is 2.84. The number of halogens is 2. The van der Waals surface area contributed by atoms with Crippen LogP contribution in [0.1, 0.15) is 28.9 Å².